The number of carbonyl (C=O) groups excluding carboxylic acids is 2. The molecular weight excluding hydrogens is 362 g/mol. The number of amides is 1. The van der Waals surface area contributed by atoms with Crippen LogP contribution in [0, 0.1) is 13.8 Å². The maximum Gasteiger partial charge on any atom is 0.306 e. The zero-order valence-corrected chi connectivity index (χ0v) is 17.2. The topological polar surface area (TPSA) is 72.4 Å². The molecule has 1 aromatic heterocycles. The summed E-state index contributed by atoms with van der Waals surface area (Å²) in [5, 5.41) is 0.722. The second kappa shape index (κ2) is 9.50. The van der Waals surface area contributed by atoms with Gasteiger partial charge in [0.15, 0.2) is 11.3 Å². The first-order valence-electron chi connectivity index (χ1n) is 8.73. The van der Waals surface area contributed by atoms with E-state index in [4.69, 9.17) is 4.74 Å². The normalized spacial score (nSPS) is 11.7. The molecular formula is C20H25N3O3S. The third-order valence-corrected chi connectivity index (χ3v) is 4.84. The van der Waals surface area contributed by atoms with E-state index in [2.05, 4.69) is 9.97 Å². The Kier molecular flexibility index (Phi) is 7.36. The Hall–Kier alpha value is -2.41. The molecule has 0 spiro atoms. The van der Waals surface area contributed by atoms with Gasteiger partial charge in [-0.3, -0.25) is 9.59 Å². The zero-order valence-electron chi connectivity index (χ0n) is 16.4. The highest BCUT2D eigenvalue weighted by molar-refractivity contribution is 7.98. The number of likely N-dealkylation sites (N-methyl/N-ethyl adjacent to an activating group) is 1. The minimum absolute atomic E-state index is 0.177. The fraction of sp³-hybridized carbons (Fsp3) is 0.400. The van der Waals surface area contributed by atoms with Crippen molar-refractivity contribution in [2.75, 3.05) is 18.2 Å². The van der Waals surface area contributed by atoms with Crippen LogP contribution in [0.5, 0.6) is 0 Å². The van der Waals surface area contributed by atoms with Gasteiger partial charge in [-0.25, -0.2) is 9.97 Å². The van der Waals surface area contributed by atoms with E-state index >= 15 is 0 Å². The number of anilines is 1. The molecule has 0 saturated carbocycles. The maximum atomic E-state index is 12.5. The van der Waals surface area contributed by atoms with Crippen molar-refractivity contribution in [2.24, 2.45) is 0 Å². The van der Waals surface area contributed by atoms with Gasteiger partial charge in [-0.1, -0.05) is 30.0 Å². The lowest BCUT2D eigenvalue weighted by Crippen LogP contribution is -2.37. The van der Waals surface area contributed by atoms with E-state index < -0.39 is 12.1 Å². The molecule has 2 rings (SSSR count). The summed E-state index contributed by atoms with van der Waals surface area (Å²) >= 11 is 1.49. The number of ether oxygens (including phenoxy) is 1. The lowest BCUT2D eigenvalue weighted by atomic mass is 10.1. The van der Waals surface area contributed by atoms with Crippen LogP contribution in [-0.2, 0) is 20.7 Å². The third kappa shape index (κ3) is 5.53. The van der Waals surface area contributed by atoms with Crippen molar-refractivity contribution in [3.8, 4) is 0 Å². The molecule has 0 aliphatic heterocycles. The monoisotopic (exact) mass is 387 g/mol. The van der Waals surface area contributed by atoms with Crippen molar-refractivity contribution in [3.63, 3.8) is 0 Å². The number of para-hydroxylation sites is 1. The summed E-state index contributed by atoms with van der Waals surface area (Å²) in [5.41, 5.74) is 3.44. The first-order valence-corrected chi connectivity index (χ1v) is 9.96. The average Bonchev–Trinajstić information content (AvgIpc) is 2.66. The van der Waals surface area contributed by atoms with Crippen LogP contribution >= 0.6 is 11.8 Å². The summed E-state index contributed by atoms with van der Waals surface area (Å²) in [6.07, 6.45) is 1.74. The van der Waals surface area contributed by atoms with Crippen LogP contribution in [-0.4, -0.2) is 41.3 Å². The van der Waals surface area contributed by atoms with E-state index in [0.717, 1.165) is 27.8 Å². The van der Waals surface area contributed by atoms with E-state index in [0.29, 0.717) is 6.42 Å². The summed E-state index contributed by atoms with van der Waals surface area (Å²) < 4.78 is 5.33. The van der Waals surface area contributed by atoms with Crippen molar-refractivity contribution in [2.45, 2.75) is 44.9 Å². The molecule has 27 heavy (non-hydrogen) atoms. The second-order valence-electron chi connectivity index (χ2n) is 6.22. The van der Waals surface area contributed by atoms with Crippen molar-refractivity contribution in [1.29, 1.82) is 0 Å². The molecule has 0 N–H and O–H groups in total. The van der Waals surface area contributed by atoms with Gasteiger partial charge in [-0.15, -0.1) is 0 Å². The minimum atomic E-state index is -0.847. The Morgan fingerprint density at radius 1 is 1.15 bits per heavy atom. The number of aryl methyl sites for hydroxylation is 2. The van der Waals surface area contributed by atoms with Crippen LogP contribution in [0.3, 0.4) is 0 Å². The number of aromatic nitrogens is 2. The molecule has 1 atom stereocenters. The third-order valence-electron chi connectivity index (χ3n) is 4.29. The number of hydrogen-bond acceptors (Lipinski definition) is 6. The predicted molar refractivity (Wildman–Crippen MR) is 107 cm³/mol. The van der Waals surface area contributed by atoms with Crippen molar-refractivity contribution < 1.29 is 14.3 Å². The molecule has 0 unspecified atom stereocenters. The van der Waals surface area contributed by atoms with Gasteiger partial charge in [0.05, 0.1) is 0 Å². The summed E-state index contributed by atoms with van der Waals surface area (Å²) in [4.78, 5) is 35.0. The van der Waals surface area contributed by atoms with E-state index in [1.807, 2.05) is 50.4 Å². The molecule has 144 valence electrons. The number of hydrogen-bond donors (Lipinski definition) is 0. The van der Waals surface area contributed by atoms with Crippen LogP contribution < -0.4 is 4.90 Å². The molecule has 1 aromatic carbocycles. The highest BCUT2D eigenvalue weighted by Gasteiger charge is 2.22. The number of benzene rings is 1. The molecule has 0 aliphatic rings. The molecule has 0 saturated heterocycles. The smallest absolute Gasteiger partial charge is 0.306 e. The highest BCUT2D eigenvalue weighted by Crippen LogP contribution is 2.18. The number of rotatable bonds is 7. The van der Waals surface area contributed by atoms with Gasteiger partial charge in [0.25, 0.3) is 5.91 Å². The van der Waals surface area contributed by atoms with Crippen LogP contribution in [0.1, 0.15) is 30.3 Å². The SMILES string of the molecule is CSc1nc(C)c(CCC(=O)O[C@@H](C)C(=O)N(C)c2ccccc2)c(C)n1. The van der Waals surface area contributed by atoms with Crippen LogP contribution in [0.2, 0.25) is 0 Å². The van der Waals surface area contributed by atoms with Crippen LogP contribution in [0.25, 0.3) is 0 Å². The fourth-order valence-electron chi connectivity index (χ4n) is 2.75. The highest BCUT2D eigenvalue weighted by atomic mass is 32.2. The largest absolute Gasteiger partial charge is 0.453 e. The standard InChI is InChI=1S/C20H25N3O3S/c1-13-17(14(2)22-20(21-13)27-5)11-12-18(24)26-15(3)19(25)23(4)16-9-7-6-8-10-16/h6-10,15H,11-12H2,1-5H3/t15-/m0/s1. The number of esters is 1. The van der Waals surface area contributed by atoms with Gasteiger partial charge < -0.3 is 9.64 Å². The van der Waals surface area contributed by atoms with Gasteiger partial charge in [-0.05, 0) is 51.1 Å². The average molecular weight is 388 g/mol. The summed E-state index contributed by atoms with van der Waals surface area (Å²) in [6.45, 7) is 5.42. The van der Waals surface area contributed by atoms with Crippen LogP contribution in [0.15, 0.2) is 35.5 Å². The van der Waals surface area contributed by atoms with Crippen molar-refractivity contribution in [1.82, 2.24) is 9.97 Å². The number of thioether (sulfide) groups is 1. The van der Waals surface area contributed by atoms with Crippen molar-refractivity contribution >= 4 is 29.3 Å². The molecule has 0 radical (unpaired) electrons. The van der Waals surface area contributed by atoms with E-state index in [9.17, 15) is 9.59 Å². The molecule has 2 aromatic rings. The molecule has 1 amide bonds. The maximum absolute atomic E-state index is 12.5. The lowest BCUT2D eigenvalue weighted by molar-refractivity contribution is -0.153. The molecule has 0 fully saturated rings. The lowest BCUT2D eigenvalue weighted by Gasteiger charge is -2.21. The molecule has 1 heterocycles. The Morgan fingerprint density at radius 3 is 2.30 bits per heavy atom. The quantitative estimate of drug-likeness (QED) is 0.412. The molecule has 6 nitrogen and oxygen atoms in total. The Labute approximate surface area is 164 Å². The zero-order chi connectivity index (χ0) is 20.0. The number of carbonyl (C=O) groups is 2. The Bertz CT molecular complexity index is 788. The van der Waals surface area contributed by atoms with E-state index in [1.54, 1.807) is 14.0 Å². The summed E-state index contributed by atoms with van der Waals surface area (Å²) in [7, 11) is 1.67. The van der Waals surface area contributed by atoms with Crippen molar-refractivity contribution in [3.05, 3.63) is 47.3 Å². The van der Waals surface area contributed by atoms with Gasteiger partial charge in [-0.2, -0.15) is 0 Å². The number of nitrogens with zero attached hydrogens (tertiary/aromatic N) is 3. The van der Waals surface area contributed by atoms with Gasteiger partial charge in [0.1, 0.15) is 0 Å². The molecule has 0 bridgehead atoms. The Balaban J connectivity index is 1.93. The second-order valence-corrected chi connectivity index (χ2v) is 7.00. The van der Waals surface area contributed by atoms with Gasteiger partial charge in [0.2, 0.25) is 0 Å². The van der Waals surface area contributed by atoms with Gasteiger partial charge >= 0.3 is 5.97 Å². The minimum Gasteiger partial charge on any atom is -0.453 e. The molecule has 0 aliphatic carbocycles. The van der Waals surface area contributed by atoms with E-state index in [-0.39, 0.29) is 12.3 Å². The Morgan fingerprint density at radius 2 is 1.74 bits per heavy atom. The summed E-state index contributed by atoms with van der Waals surface area (Å²) in [5.74, 6) is -0.681. The fourth-order valence-corrected chi connectivity index (χ4v) is 3.20. The first kappa shape index (κ1) is 20.9. The summed E-state index contributed by atoms with van der Waals surface area (Å²) in [6, 6.07) is 9.24. The van der Waals surface area contributed by atoms with Crippen LogP contribution in [0.4, 0.5) is 5.69 Å². The van der Waals surface area contributed by atoms with E-state index in [1.165, 1.54) is 16.7 Å². The first-order chi connectivity index (χ1) is 12.8. The molecule has 7 heteroatoms. The van der Waals surface area contributed by atoms with Gasteiger partial charge in [0, 0.05) is 30.5 Å². The predicted octanol–water partition coefficient (Wildman–Crippen LogP) is 3.34.